The molecule has 1 rings (SSSR count). The lowest BCUT2D eigenvalue weighted by Crippen LogP contribution is -2.09. The molecule has 3 nitrogen and oxygen atoms in total. The fraction of sp³-hybridized carbons (Fsp3) is 0.250. The molecule has 2 N–H and O–H groups in total. The van der Waals surface area contributed by atoms with Gasteiger partial charge in [-0.2, -0.15) is 0 Å². The van der Waals surface area contributed by atoms with E-state index in [1.807, 2.05) is 24.7 Å². The fourth-order valence-corrected chi connectivity index (χ4v) is 1.38. The van der Waals surface area contributed by atoms with Gasteiger partial charge in [0.1, 0.15) is 0 Å². The molecule has 0 aliphatic rings. The van der Waals surface area contributed by atoms with Gasteiger partial charge < -0.3 is 10.3 Å². The Morgan fingerprint density at radius 1 is 1.53 bits per heavy atom. The predicted molar refractivity (Wildman–Crippen MR) is 63.5 cm³/mol. The van der Waals surface area contributed by atoms with Crippen LogP contribution in [-0.2, 0) is 13.0 Å². The lowest BCUT2D eigenvalue weighted by molar-refractivity contribution is 0.733. The molecule has 0 aliphatic carbocycles. The van der Waals surface area contributed by atoms with Crippen molar-refractivity contribution < 1.29 is 0 Å². The van der Waals surface area contributed by atoms with Crippen molar-refractivity contribution in [2.45, 2.75) is 13.0 Å². The number of imidazole rings is 1. The number of rotatable bonds is 6. The molecule has 0 aromatic carbocycles. The summed E-state index contributed by atoms with van der Waals surface area (Å²) in [5.74, 6) is 0. The number of aromatic nitrogens is 2. The van der Waals surface area contributed by atoms with Crippen molar-refractivity contribution >= 4 is 0 Å². The summed E-state index contributed by atoms with van der Waals surface area (Å²) in [5, 5.41) is 0. The summed E-state index contributed by atoms with van der Waals surface area (Å²) in [7, 11) is 0. The molecule has 0 aliphatic heterocycles. The van der Waals surface area contributed by atoms with E-state index in [4.69, 9.17) is 5.73 Å². The van der Waals surface area contributed by atoms with Crippen molar-refractivity contribution in [1.82, 2.24) is 9.55 Å². The van der Waals surface area contributed by atoms with Crippen molar-refractivity contribution in [2.75, 3.05) is 6.54 Å². The van der Waals surface area contributed by atoms with Gasteiger partial charge in [0.25, 0.3) is 0 Å². The van der Waals surface area contributed by atoms with E-state index in [-0.39, 0.29) is 0 Å². The first-order valence-corrected chi connectivity index (χ1v) is 4.95. The normalized spacial score (nSPS) is 11.4. The Kier molecular flexibility index (Phi) is 4.57. The third-order valence-electron chi connectivity index (χ3n) is 2.15. The number of hydrogen-bond acceptors (Lipinski definition) is 2. The molecular weight excluding hydrogens is 186 g/mol. The molecule has 0 spiro atoms. The van der Waals surface area contributed by atoms with E-state index in [0.717, 1.165) is 24.2 Å². The first-order valence-electron chi connectivity index (χ1n) is 4.95. The lowest BCUT2D eigenvalue weighted by Gasteiger charge is -2.07. The van der Waals surface area contributed by atoms with Crippen LogP contribution < -0.4 is 5.73 Å². The van der Waals surface area contributed by atoms with Gasteiger partial charge in [0, 0.05) is 24.9 Å². The van der Waals surface area contributed by atoms with Crippen molar-refractivity contribution in [3.05, 3.63) is 55.2 Å². The maximum Gasteiger partial charge on any atom is 0.0951 e. The fourth-order valence-electron chi connectivity index (χ4n) is 1.38. The molecule has 1 aromatic heterocycles. The molecule has 0 unspecified atom stereocenters. The largest absolute Gasteiger partial charge is 0.330 e. The zero-order chi connectivity index (χ0) is 11.1. The minimum atomic E-state index is 0.639. The summed E-state index contributed by atoms with van der Waals surface area (Å²) in [5.41, 5.74) is 7.78. The minimum absolute atomic E-state index is 0.639. The molecule has 0 fully saturated rings. The second kappa shape index (κ2) is 5.98. The van der Waals surface area contributed by atoms with Gasteiger partial charge in [-0.25, -0.2) is 4.98 Å². The van der Waals surface area contributed by atoms with E-state index in [9.17, 15) is 0 Å². The Balaban J connectivity index is 2.78. The molecular formula is C12H17N3. The highest BCUT2D eigenvalue weighted by Crippen LogP contribution is 2.06. The van der Waals surface area contributed by atoms with Crippen LogP contribution in [0.1, 0.15) is 5.69 Å². The van der Waals surface area contributed by atoms with Gasteiger partial charge >= 0.3 is 0 Å². The second-order valence-electron chi connectivity index (χ2n) is 3.23. The molecule has 0 saturated heterocycles. The van der Waals surface area contributed by atoms with Crippen LogP contribution in [0.3, 0.4) is 0 Å². The standard InChI is InChI=1S/C12H17N3/c1-3-5-11(4-2)9-15-10-14-8-12(15)6-7-13/h3-5,8,10H,1-2,6-7,9,13H2/b11-5+. The van der Waals surface area contributed by atoms with E-state index < -0.39 is 0 Å². The smallest absolute Gasteiger partial charge is 0.0951 e. The van der Waals surface area contributed by atoms with Gasteiger partial charge in [0.2, 0.25) is 0 Å². The molecule has 3 heteroatoms. The number of nitrogens with two attached hydrogens (primary N) is 1. The predicted octanol–water partition coefficient (Wildman–Crippen LogP) is 1.68. The maximum atomic E-state index is 5.52. The topological polar surface area (TPSA) is 43.8 Å². The molecule has 0 atom stereocenters. The monoisotopic (exact) mass is 203 g/mol. The molecule has 1 aromatic rings. The average molecular weight is 203 g/mol. The second-order valence-corrected chi connectivity index (χ2v) is 3.23. The van der Waals surface area contributed by atoms with Crippen molar-refractivity contribution in [3.63, 3.8) is 0 Å². The van der Waals surface area contributed by atoms with Gasteiger partial charge in [-0.3, -0.25) is 0 Å². The van der Waals surface area contributed by atoms with Crippen LogP contribution in [0.5, 0.6) is 0 Å². The Bertz CT molecular complexity index is 361. The molecule has 0 radical (unpaired) electrons. The van der Waals surface area contributed by atoms with Crippen molar-refractivity contribution in [3.8, 4) is 0 Å². The highest BCUT2D eigenvalue weighted by atomic mass is 15.0. The van der Waals surface area contributed by atoms with E-state index in [0.29, 0.717) is 6.54 Å². The van der Waals surface area contributed by atoms with Crippen molar-refractivity contribution in [1.29, 1.82) is 0 Å². The van der Waals surface area contributed by atoms with Gasteiger partial charge in [-0.1, -0.05) is 31.4 Å². The summed E-state index contributed by atoms with van der Waals surface area (Å²) >= 11 is 0. The molecule has 0 bridgehead atoms. The number of nitrogens with zero attached hydrogens (tertiary/aromatic N) is 2. The summed E-state index contributed by atoms with van der Waals surface area (Å²) in [6.45, 7) is 8.84. The van der Waals surface area contributed by atoms with Crippen LogP contribution in [-0.4, -0.2) is 16.1 Å². The van der Waals surface area contributed by atoms with Gasteiger partial charge in [0.05, 0.1) is 6.33 Å². The summed E-state index contributed by atoms with van der Waals surface area (Å²) in [6, 6.07) is 0. The Hall–Kier alpha value is -1.61. The molecule has 15 heavy (non-hydrogen) atoms. The molecule has 80 valence electrons. The summed E-state index contributed by atoms with van der Waals surface area (Å²) < 4.78 is 2.07. The van der Waals surface area contributed by atoms with Gasteiger partial charge in [0.15, 0.2) is 0 Å². The quantitative estimate of drug-likeness (QED) is 0.715. The van der Waals surface area contributed by atoms with E-state index in [1.54, 1.807) is 6.08 Å². The van der Waals surface area contributed by atoms with Gasteiger partial charge in [-0.05, 0) is 12.1 Å². The molecule has 0 saturated carbocycles. The maximum absolute atomic E-state index is 5.52. The molecule has 1 heterocycles. The summed E-state index contributed by atoms with van der Waals surface area (Å²) in [6.07, 6.45) is 10.0. The van der Waals surface area contributed by atoms with Crippen LogP contribution in [0.2, 0.25) is 0 Å². The van der Waals surface area contributed by atoms with Crippen LogP contribution in [0.15, 0.2) is 49.5 Å². The Labute approximate surface area is 90.6 Å². The molecule has 0 amide bonds. The van der Waals surface area contributed by atoms with Crippen LogP contribution in [0, 0.1) is 0 Å². The lowest BCUT2D eigenvalue weighted by atomic mass is 10.2. The van der Waals surface area contributed by atoms with Gasteiger partial charge in [-0.15, -0.1) is 0 Å². The minimum Gasteiger partial charge on any atom is -0.330 e. The number of allylic oxidation sites excluding steroid dienone is 4. The Morgan fingerprint density at radius 2 is 2.33 bits per heavy atom. The van der Waals surface area contributed by atoms with Crippen LogP contribution >= 0.6 is 0 Å². The van der Waals surface area contributed by atoms with Crippen molar-refractivity contribution in [2.24, 2.45) is 5.73 Å². The summed E-state index contributed by atoms with van der Waals surface area (Å²) in [4.78, 5) is 4.11. The zero-order valence-electron chi connectivity index (χ0n) is 8.89. The highest BCUT2D eigenvalue weighted by molar-refractivity contribution is 5.21. The highest BCUT2D eigenvalue weighted by Gasteiger charge is 2.01. The first-order chi connectivity index (χ1) is 7.31. The first kappa shape index (κ1) is 11.5. The number of hydrogen-bond donors (Lipinski definition) is 1. The average Bonchev–Trinajstić information content (AvgIpc) is 2.66. The van der Waals surface area contributed by atoms with E-state index >= 15 is 0 Å². The van der Waals surface area contributed by atoms with Crippen LogP contribution in [0.25, 0.3) is 0 Å². The zero-order valence-corrected chi connectivity index (χ0v) is 8.89. The Morgan fingerprint density at radius 3 is 2.93 bits per heavy atom. The van der Waals surface area contributed by atoms with E-state index in [1.165, 1.54) is 0 Å². The third kappa shape index (κ3) is 3.22. The SMILES string of the molecule is C=C/C=C(\C=C)Cn1cncc1CCN. The third-order valence-corrected chi connectivity index (χ3v) is 2.15. The van der Waals surface area contributed by atoms with E-state index in [2.05, 4.69) is 22.7 Å². The van der Waals surface area contributed by atoms with Crippen LogP contribution in [0.4, 0.5) is 0 Å².